The van der Waals surface area contributed by atoms with Gasteiger partial charge in [0.25, 0.3) is 8.32 Å². The molecule has 2 rings (SSSR count). The van der Waals surface area contributed by atoms with Gasteiger partial charge in [-0.25, -0.2) is 4.79 Å². The molecule has 1 fully saturated rings. The molecule has 104 valence electrons. The molecule has 1 aromatic carbocycles. The Morgan fingerprint density at radius 1 is 1.11 bits per heavy atom. The van der Waals surface area contributed by atoms with Crippen LogP contribution in [0, 0.1) is 0 Å². The zero-order valence-electron chi connectivity index (χ0n) is 12.4. The van der Waals surface area contributed by atoms with Gasteiger partial charge in [-0.1, -0.05) is 45.9 Å². The van der Waals surface area contributed by atoms with Gasteiger partial charge in [0.05, 0.1) is 5.67 Å². The lowest BCUT2D eigenvalue weighted by Gasteiger charge is -2.36. The zero-order chi connectivity index (χ0) is 14.2. The molecule has 0 radical (unpaired) electrons. The van der Waals surface area contributed by atoms with E-state index in [-0.39, 0.29) is 11.8 Å². The van der Waals surface area contributed by atoms with Crippen LogP contribution in [-0.4, -0.2) is 20.1 Å². The molecule has 1 aliphatic rings. The summed E-state index contributed by atoms with van der Waals surface area (Å²) in [5.41, 5.74) is 1.94. The Morgan fingerprint density at radius 2 is 1.63 bits per heavy atom. The van der Waals surface area contributed by atoms with E-state index < -0.39 is 8.32 Å². The fraction of sp³-hybridized carbons (Fsp3) is 0.533. The molecular formula is C15H23NO2Si. The van der Waals surface area contributed by atoms with Crippen LogP contribution in [0.3, 0.4) is 0 Å². The summed E-state index contributed by atoms with van der Waals surface area (Å²) in [6.07, 6.45) is -0.173. The minimum Gasteiger partial charge on any atom is -0.501 e. The molecule has 0 aliphatic carbocycles. The van der Waals surface area contributed by atoms with Crippen molar-refractivity contribution < 1.29 is 9.22 Å². The van der Waals surface area contributed by atoms with Crippen molar-refractivity contribution in [1.82, 2.24) is 0 Å². The standard InChI is InChI=1S/C15H23NO2Si/c1-11(2)19(12(3)4)13(5)16(15(17)18-19)14-9-7-6-8-10-14/h6-13H,1-5H3. The maximum absolute atomic E-state index is 12.3. The molecule has 1 unspecified atom stereocenters. The lowest BCUT2D eigenvalue weighted by molar-refractivity contribution is 0.211. The predicted molar refractivity (Wildman–Crippen MR) is 80.8 cm³/mol. The summed E-state index contributed by atoms with van der Waals surface area (Å²) in [4.78, 5) is 14.2. The molecule has 0 aromatic heterocycles. The molecule has 1 aliphatic heterocycles. The summed E-state index contributed by atoms with van der Waals surface area (Å²) < 4.78 is 5.98. The van der Waals surface area contributed by atoms with E-state index in [0.717, 1.165) is 5.69 Å². The lowest BCUT2D eigenvalue weighted by atomic mass is 10.3. The van der Waals surface area contributed by atoms with Gasteiger partial charge < -0.3 is 4.43 Å². The summed E-state index contributed by atoms with van der Waals surface area (Å²) in [5, 5.41) is 0. The van der Waals surface area contributed by atoms with Gasteiger partial charge in [0, 0.05) is 5.69 Å². The van der Waals surface area contributed by atoms with Crippen LogP contribution in [0.5, 0.6) is 0 Å². The highest BCUT2D eigenvalue weighted by Crippen LogP contribution is 2.44. The normalized spacial score (nSPS) is 22.2. The number of para-hydroxylation sites is 1. The number of hydrogen-bond acceptors (Lipinski definition) is 2. The molecule has 1 amide bonds. The number of benzene rings is 1. The minimum absolute atomic E-state index is 0.169. The Balaban J connectivity index is 2.43. The molecule has 0 saturated carbocycles. The molecule has 3 nitrogen and oxygen atoms in total. The van der Waals surface area contributed by atoms with E-state index in [0.29, 0.717) is 11.1 Å². The highest BCUT2D eigenvalue weighted by atomic mass is 28.4. The van der Waals surface area contributed by atoms with Gasteiger partial charge in [-0.15, -0.1) is 0 Å². The second-order valence-corrected chi connectivity index (χ2v) is 11.0. The zero-order valence-corrected chi connectivity index (χ0v) is 13.4. The average Bonchev–Trinajstić information content (AvgIpc) is 2.63. The van der Waals surface area contributed by atoms with Crippen molar-refractivity contribution in [3.8, 4) is 0 Å². The van der Waals surface area contributed by atoms with Crippen LogP contribution < -0.4 is 4.90 Å². The number of anilines is 1. The van der Waals surface area contributed by atoms with Crippen LogP contribution in [0.2, 0.25) is 11.1 Å². The molecular weight excluding hydrogens is 254 g/mol. The molecule has 4 heteroatoms. The smallest absolute Gasteiger partial charge is 0.400 e. The molecule has 1 saturated heterocycles. The number of amides is 1. The summed E-state index contributed by atoms with van der Waals surface area (Å²) >= 11 is 0. The molecule has 0 spiro atoms. The number of rotatable bonds is 3. The van der Waals surface area contributed by atoms with Crippen molar-refractivity contribution >= 4 is 20.1 Å². The van der Waals surface area contributed by atoms with Crippen LogP contribution in [0.25, 0.3) is 0 Å². The van der Waals surface area contributed by atoms with Crippen molar-refractivity contribution in [3.63, 3.8) is 0 Å². The van der Waals surface area contributed by atoms with E-state index in [1.54, 1.807) is 0 Å². The van der Waals surface area contributed by atoms with Crippen LogP contribution in [-0.2, 0) is 4.43 Å². The molecule has 0 bridgehead atoms. The first kappa shape index (κ1) is 14.1. The Kier molecular flexibility index (Phi) is 3.72. The number of nitrogens with zero attached hydrogens (tertiary/aromatic N) is 1. The highest BCUT2D eigenvalue weighted by Gasteiger charge is 2.59. The Hall–Kier alpha value is -1.29. The van der Waals surface area contributed by atoms with Crippen molar-refractivity contribution in [3.05, 3.63) is 30.3 Å². The van der Waals surface area contributed by atoms with Gasteiger partial charge in [0.1, 0.15) is 0 Å². The second kappa shape index (κ2) is 5.00. The number of carbonyl (C=O) groups excluding carboxylic acids is 1. The van der Waals surface area contributed by atoms with Gasteiger partial charge in [-0.2, -0.15) is 0 Å². The van der Waals surface area contributed by atoms with Gasteiger partial charge in [0.15, 0.2) is 0 Å². The van der Waals surface area contributed by atoms with Crippen LogP contribution >= 0.6 is 0 Å². The first-order valence-electron chi connectivity index (χ1n) is 6.98. The van der Waals surface area contributed by atoms with Crippen LogP contribution in [0.15, 0.2) is 30.3 Å². The third kappa shape index (κ3) is 2.08. The van der Waals surface area contributed by atoms with Gasteiger partial charge in [-0.3, -0.25) is 4.90 Å². The van der Waals surface area contributed by atoms with E-state index in [2.05, 4.69) is 34.6 Å². The Morgan fingerprint density at radius 3 is 2.05 bits per heavy atom. The highest BCUT2D eigenvalue weighted by molar-refractivity contribution is 6.81. The number of carbonyl (C=O) groups is 1. The third-order valence-electron chi connectivity index (χ3n) is 4.34. The SMILES string of the molecule is CC(C)[Si]1(C(C)C)OC(=O)N(c2ccccc2)C1C. The van der Waals surface area contributed by atoms with E-state index in [1.165, 1.54) is 0 Å². The van der Waals surface area contributed by atoms with Crippen LogP contribution in [0.4, 0.5) is 10.5 Å². The first-order valence-corrected chi connectivity index (χ1v) is 9.12. The largest absolute Gasteiger partial charge is 0.501 e. The molecule has 1 atom stereocenters. The molecule has 1 aromatic rings. The monoisotopic (exact) mass is 277 g/mol. The third-order valence-corrected chi connectivity index (χ3v) is 10.0. The molecule has 19 heavy (non-hydrogen) atoms. The average molecular weight is 277 g/mol. The fourth-order valence-corrected chi connectivity index (χ4v) is 8.39. The maximum Gasteiger partial charge on any atom is 0.400 e. The molecule has 0 N–H and O–H groups in total. The van der Waals surface area contributed by atoms with Crippen molar-refractivity contribution in [2.24, 2.45) is 0 Å². The van der Waals surface area contributed by atoms with Crippen molar-refractivity contribution in [2.75, 3.05) is 4.90 Å². The number of hydrogen-bond donors (Lipinski definition) is 0. The topological polar surface area (TPSA) is 29.5 Å². The van der Waals surface area contributed by atoms with Crippen molar-refractivity contribution in [1.29, 1.82) is 0 Å². The van der Waals surface area contributed by atoms with E-state index in [9.17, 15) is 4.79 Å². The Labute approximate surface area is 116 Å². The van der Waals surface area contributed by atoms with Crippen LogP contribution in [0.1, 0.15) is 34.6 Å². The minimum atomic E-state index is -2.12. The lowest BCUT2D eigenvalue weighted by Crippen LogP contribution is -2.53. The van der Waals surface area contributed by atoms with E-state index in [1.807, 2.05) is 35.2 Å². The summed E-state index contributed by atoms with van der Waals surface area (Å²) in [7, 11) is -2.12. The molecule has 1 heterocycles. The maximum atomic E-state index is 12.3. The summed E-state index contributed by atoms with van der Waals surface area (Å²) in [6.45, 7) is 10.9. The fourth-order valence-electron chi connectivity index (χ4n) is 3.43. The quantitative estimate of drug-likeness (QED) is 0.769. The van der Waals surface area contributed by atoms with Gasteiger partial charge >= 0.3 is 6.09 Å². The Bertz CT molecular complexity index is 450. The first-order chi connectivity index (χ1) is 8.91. The second-order valence-electron chi connectivity index (χ2n) is 5.91. The van der Waals surface area contributed by atoms with Gasteiger partial charge in [0.2, 0.25) is 0 Å². The predicted octanol–water partition coefficient (Wildman–Crippen LogP) is 4.34. The summed E-state index contributed by atoms with van der Waals surface area (Å²) in [6, 6.07) is 9.83. The van der Waals surface area contributed by atoms with E-state index in [4.69, 9.17) is 4.43 Å². The van der Waals surface area contributed by atoms with Crippen molar-refractivity contribution in [2.45, 2.75) is 51.4 Å². The van der Waals surface area contributed by atoms with Gasteiger partial charge in [-0.05, 0) is 30.1 Å². The van der Waals surface area contributed by atoms with E-state index >= 15 is 0 Å². The summed E-state index contributed by atoms with van der Waals surface area (Å²) in [5.74, 6) is 0.